The zero-order valence-corrected chi connectivity index (χ0v) is 20.9. The number of carbonyl (C=O) groups excluding carboxylic acids is 2. The molecular weight excluding hydrogens is 512 g/mol. The van der Waals surface area contributed by atoms with Gasteiger partial charge in [-0.25, -0.2) is 0 Å². The average Bonchev–Trinajstić information content (AvgIpc) is 3.05. The van der Waals surface area contributed by atoms with Crippen LogP contribution in [-0.2, 0) is 4.79 Å². The predicted molar refractivity (Wildman–Crippen MR) is 135 cm³/mol. The lowest BCUT2D eigenvalue weighted by Crippen LogP contribution is -2.44. The first kappa shape index (κ1) is 24.3. The first-order valence-electron chi connectivity index (χ1n) is 10.1. The van der Waals surface area contributed by atoms with Crippen molar-refractivity contribution in [3.8, 4) is 11.5 Å². The van der Waals surface area contributed by atoms with E-state index in [1.54, 1.807) is 37.5 Å². The molecule has 6 nitrogen and oxygen atoms in total. The van der Waals surface area contributed by atoms with Crippen molar-refractivity contribution >= 4 is 62.1 Å². The number of thiocarbonyl (C=S) groups is 1. The van der Waals surface area contributed by atoms with Crippen molar-refractivity contribution < 1.29 is 19.1 Å². The summed E-state index contributed by atoms with van der Waals surface area (Å²) in [5, 5.41) is 1.10. The maximum absolute atomic E-state index is 12.8. The number of nitrogens with one attached hydrogen (secondary N) is 1. The van der Waals surface area contributed by atoms with Crippen LogP contribution in [0.25, 0.3) is 6.08 Å². The Morgan fingerprint density at radius 3 is 2.62 bits per heavy atom. The highest BCUT2D eigenvalue weighted by Crippen LogP contribution is 2.34. The summed E-state index contributed by atoms with van der Waals surface area (Å²) in [6, 6.07) is 12.3. The molecule has 1 N–H and O–H groups in total. The number of methoxy groups -OCH3 is 1. The van der Waals surface area contributed by atoms with Gasteiger partial charge in [0.25, 0.3) is 11.8 Å². The van der Waals surface area contributed by atoms with Gasteiger partial charge in [0.05, 0.1) is 18.6 Å². The Labute approximate surface area is 205 Å². The van der Waals surface area contributed by atoms with E-state index in [-0.39, 0.29) is 10.2 Å². The minimum atomic E-state index is -0.415. The van der Waals surface area contributed by atoms with Crippen molar-refractivity contribution in [1.29, 1.82) is 0 Å². The lowest BCUT2D eigenvalue weighted by atomic mass is 10.2. The van der Waals surface area contributed by atoms with Crippen LogP contribution in [0.4, 0.5) is 0 Å². The van der Waals surface area contributed by atoms with Crippen LogP contribution in [0, 0.1) is 0 Å². The van der Waals surface area contributed by atoms with Crippen LogP contribution in [-0.4, -0.2) is 34.9 Å². The Morgan fingerprint density at radius 1 is 1.19 bits per heavy atom. The molecule has 168 valence electrons. The van der Waals surface area contributed by atoms with Crippen LogP contribution in [0.5, 0.6) is 11.5 Å². The van der Waals surface area contributed by atoms with Gasteiger partial charge in [-0.1, -0.05) is 53.5 Å². The first-order valence-corrected chi connectivity index (χ1v) is 12.1. The van der Waals surface area contributed by atoms with Crippen LogP contribution in [0.2, 0.25) is 0 Å². The van der Waals surface area contributed by atoms with Gasteiger partial charge in [-0.3, -0.25) is 15.0 Å². The maximum atomic E-state index is 12.8. The van der Waals surface area contributed by atoms with E-state index in [4.69, 9.17) is 21.7 Å². The number of halogens is 1. The maximum Gasteiger partial charge on any atom is 0.285 e. The second-order valence-electron chi connectivity index (χ2n) is 6.93. The van der Waals surface area contributed by atoms with Gasteiger partial charge in [0.15, 0.2) is 15.8 Å². The number of hydrogen-bond donors (Lipinski definition) is 1. The van der Waals surface area contributed by atoms with Crippen molar-refractivity contribution in [2.75, 3.05) is 13.7 Å². The largest absolute Gasteiger partial charge is 0.493 e. The molecule has 1 heterocycles. The SMILES string of the molecule is CCCCCOc1ccc(/C=C2\SC(=S)N(NC(=O)c3ccc(Br)cc3)C2=O)cc1OC. The van der Waals surface area contributed by atoms with Crippen molar-refractivity contribution in [2.45, 2.75) is 26.2 Å². The van der Waals surface area contributed by atoms with E-state index in [1.165, 1.54) is 0 Å². The Hall–Kier alpha value is -2.36. The standard InChI is InChI=1S/C23H23BrN2O4S2/c1-3-4-5-12-30-18-11-6-15(13-19(18)29-2)14-20-22(28)26(23(31)32-20)25-21(27)16-7-9-17(24)10-8-16/h6-11,13-14H,3-5,12H2,1-2H3,(H,25,27)/b20-14-. The van der Waals surface area contributed by atoms with E-state index < -0.39 is 5.91 Å². The second-order valence-corrected chi connectivity index (χ2v) is 9.52. The van der Waals surface area contributed by atoms with Crippen LogP contribution in [0.3, 0.4) is 0 Å². The van der Waals surface area contributed by atoms with Crippen molar-refractivity contribution in [3.63, 3.8) is 0 Å². The molecule has 1 aliphatic rings. The summed E-state index contributed by atoms with van der Waals surface area (Å²) >= 11 is 9.76. The van der Waals surface area contributed by atoms with Crippen LogP contribution in [0.15, 0.2) is 51.8 Å². The summed E-state index contributed by atoms with van der Waals surface area (Å²) in [5.74, 6) is 0.454. The quantitative estimate of drug-likeness (QED) is 0.257. The second kappa shape index (κ2) is 11.5. The highest BCUT2D eigenvalue weighted by atomic mass is 79.9. The van der Waals surface area contributed by atoms with Gasteiger partial charge < -0.3 is 9.47 Å². The molecule has 0 aliphatic carbocycles. The van der Waals surface area contributed by atoms with Crippen molar-refractivity contribution in [1.82, 2.24) is 10.4 Å². The van der Waals surface area contributed by atoms with Crippen molar-refractivity contribution in [2.24, 2.45) is 0 Å². The average molecular weight is 535 g/mol. The number of benzene rings is 2. The number of rotatable bonds is 9. The number of hydrazine groups is 1. The molecule has 0 unspecified atom stereocenters. The third-order valence-electron chi connectivity index (χ3n) is 4.60. The van der Waals surface area contributed by atoms with Gasteiger partial charge in [-0.05, 0) is 66.7 Å². The summed E-state index contributed by atoms with van der Waals surface area (Å²) in [6.45, 7) is 2.77. The molecule has 9 heteroatoms. The molecule has 2 amide bonds. The normalized spacial score (nSPS) is 14.7. The minimum absolute atomic E-state index is 0.259. The number of amides is 2. The molecule has 1 aliphatic heterocycles. The molecule has 0 aromatic heterocycles. The zero-order valence-electron chi connectivity index (χ0n) is 17.7. The molecule has 3 rings (SSSR count). The fourth-order valence-electron chi connectivity index (χ4n) is 2.91. The Balaban J connectivity index is 1.70. The monoisotopic (exact) mass is 534 g/mol. The highest BCUT2D eigenvalue weighted by Gasteiger charge is 2.33. The number of ether oxygens (including phenoxy) is 2. The van der Waals surface area contributed by atoms with Gasteiger partial charge in [-0.15, -0.1) is 0 Å². The minimum Gasteiger partial charge on any atom is -0.493 e. The van der Waals surface area contributed by atoms with Gasteiger partial charge in [0.1, 0.15) is 0 Å². The van der Waals surface area contributed by atoms with Gasteiger partial charge >= 0.3 is 0 Å². The smallest absolute Gasteiger partial charge is 0.285 e. The molecule has 2 aromatic carbocycles. The molecular formula is C23H23BrN2O4S2. The molecule has 0 spiro atoms. The van der Waals surface area contributed by atoms with E-state index in [9.17, 15) is 9.59 Å². The first-order chi connectivity index (χ1) is 15.4. The third-order valence-corrected chi connectivity index (χ3v) is 6.44. The lowest BCUT2D eigenvalue weighted by molar-refractivity contribution is -0.123. The van der Waals surface area contributed by atoms with E-state index >= 15 is 0 Å². The number of hydrogen-bond acceptors (Lipinski definition) is 6. The van der Waals surface area contributed by atoms with E-state index in [0.29, 0.717) is 28.6 Å². The van der Waals surface area contributed by atoms with E-state index in [0.717, 1.165) is 46.1 Å². The number of nitrogens with zero attached hydrogens (tertiary/aromatic N) is 1. The summed E-state index contributed by atoms with van der Waals surface area (Å²) < 4.78 is 12.4. The summed E-state index contributed by atoms with van der Waals surface area (Å²) in [4.78, 5) is 25.7. The zero-order chi connectivity index (χ0) is 23.1. The van der Waals surface area contributed by atoms with Crippen molar-refractivity contribution in [3.05, 3.63) is 63.0 Å². The summed E-state index contributed by atoms with van der Waals surface area (Å²) in [6.07, 6.45) is 4.94. The Kier molecular flexibility index (Phi) is 8.72. The molecule has 32 heavy (non-hydrogen) atoms. The number of carbonyl (C=O) groups is 2. The predicted octanol–water partition coefficient (Wildman–Crippen LogP) is 5.57. The molecule has 0 saturated carbocycles. The fraction of sp³-hybridized carbons (Fsp3) is 0.261. The summed E-state index contributed by atoms with van der Waals surface area (Å²) in [5.41, 5.74) is 3.76. The van der Waals surface area contributed by atoms with E-state index in [1.807, 2.05) is 18.2 Å². The molecule has 2 aromatic rings. The molecule has 1 fully saturated rings. The topological polar surface area (TPSA) is 67.9 Å². The van der Waals surface area contributed by atoms with Crippen LogP contribution >= 0.6 is 39.9 Å². The van der Waals surface area contributed by atoms with E-state index in [2.05, 4.69) is 28.3 Å². The van der Waals surface area contributed by atoms with Gasteiger partial charge in [-0.2, -0.15) is 5.01 Å². The molecule has 0 radical (unpaired) electrons. The van der Waals surface area contributed by atoms with Crippen LogP contribution in [0.1, 0.15) is 42.1 Å². The lowest BCUT2D eigenvalue weighted by Gasteiger charge is -2.15. The molecule has 0 atom stereocenters. The van der Waals surface area contributed by atoms with Crippen LogP contribution < -0.4 is 14.9 Å². The Bertz CT molecular complexity index is 1040. The fourth-order valence-corrected chi connectivity index (χ4v) is 4.35. The molecule has 1 saturated heterocycles. The Morgan fingerprint density at radius 2 is 1.94 bits per heavy atom. The molecule has 0 bridgehead atoms. The summed E-state index contributed by atoms with van der Waals surface area (Å²) in [7, 11) is 1.58. The van der Waals surface area contributed by atoms with Gasteiger partial charge in [0, 0.05) is 10.0 Å². The number of unbranched alkanes of at least 4 members (excludes halogenated alkanes) is 2. The highest BCUT2D eigenvalue weighted by molar-refractivity contribution is 9.10. The van der Waals surface area contributed by atoms with Gasteiger partial charge in [0.2, 0.25) is 0 Å². The third kappa shape index (κ3) is 6.11. The number of thioether (sulfide) groups is 1.